The summed E-state index contributed by atoms with van der Waals surface area (Å²) in [6, 6.07) is 0. The van der Waals surface area contributed by atoms with E-state index in [1.165, 1.54) is 0 Å². The summed E-state index contributed by atoms with van der Waals surface area (Å²) in [6.45, 7) is 4.59. The molecule has 0 spiro atoms. The quantitative estimate of drug-likeness (QED) is 0.859. The van der Waals surface area contributed by atoms with Crippen LogP contribution in [0, 0.1) is 5.92 Å². The third-order valence-corrected chi connectivity index (χ3v) is 4.52. The molecular weight excluding hydrogens is 311 g/mol. The summed E-state index contributed by atoms with van der Waals surface area (Å²) in [4.78, 5) is 14.3. The number of hydrogen-bond acceptors (Lipinski definition) is 3. The number of fused-ring (bicyclic) bond motifs is 1. The molecule has 1 aliphatic carbocycles. The number of ether oxygens (including phenoxy) is 1. The smallest absolute Gasteiger partial charge is 0.372 e. The van der Waals surface area contributed by atoms with E-state index in [9.17, 15) is 18.0 Å². The molecular formula is C15H20F3N3O2. The molecule has 1 aliphatic heterocycles. The minimum Gasteiger partial charge on any atom is -0.372 e. The van der Waals surface area contributed by atoms with E-state index in [0.717, 1.165) is 0 Å². The van der Waals surface area contributed by atoms with Gasteiger partial charge in [-0.05, 0) is 33.1 Å². The van der Waals surface area contributed by atoms with Gasteiger partial charge < -0.3 is 9.64 Å². The number of halogens is 3. The lowest BCUT2D eigenvalue weighted by atomic mass is 9.86. The molecule has 2 heterocycles. The van der Waals surface area contributed by atoms with Gasteiger partial charge in [0.1, 0.15) is 0 Å². The summed E-state index contributed by atoms with van der Waals surface area (Å²) < 4.78 is 44.6. The van der Waals surface area contributed by atoms with Crippen molar-refractivity contribution in [2.24, 2.45) is 5.92 Å². The number of alkyl halides is 3. The molecule has 3 atom stereocenters. The summed E-state index contributed by atoms with van der Waals surface area (Å²) in [5.74, 6) is -1.71. The highest BCUT2D eigenvalue weighted by molar-refractivity contribution is 5.94. The van der Waals surface area contributed by atoms with Gasteiger partial charge >= 0.3 is 6.18 Å². The molecule has 8 heteroatoms. The van der Waals surface area contributed by atoms with Gasteiger partial charge in [-0.25, -0.2) is 0 Å². The maximum Gasteiger partial charge on any atom is 0.392 e. The second-order valence-electron chi connectivity index (χ2n) is 6.48. The minimum atomic E-state index is -4.24. The van der Waals surface area contributed by atoms with Crippen molar-refractivity contribution < 1.29 is 22.7 Å². The molecule has 128 valence electrons. The van der Waals surface area contributed by atoms with Crippen molar-refractivity contribution in [2.45, 2.75) is 51.5 Å². The second kappa shape index (κ2) is 5.81. The predicted molar refractivity (Wildman–Crippen MR) is 76.1 cm³/mol. The van der Waals surface area contributed by atoms with E-state index in [2.05, 4.69) is 10.2 Å². The number of H-pyrrole nitrogens is 1. The molecule has 1 saturated heterocycles. The van der Waals surface area contributed by atoms with Crippen molar-refractivity contribution in [2.75, 3.05) is 13.1 Å². The lowest BCUT2D eigenvalue weighted by Crippen LogP contribution is -2.48. The van der Waals surface area contributed by atoms with Gasteiger partial charge in [0.25, 0.3) is 5.91 Å². The number of amides is 1. The minimum absolute atomic E-state index is 0.0396. The predicted octanol–water partition coefficient (Wildman–Crippen LogP) is 2.33. The monoisotopic (exact) mass is 331 g/mol. The zero-order valence-corrected chi connectivity index (χ0v) is 13.1. The number of morpholine rings is 1. The molecule has 1 aromatic heterocycles. The number of nitrogens with zero attached hydrogens (tertiary/aromatic N) is 2. The molecule has 1 fully saturated rings. The maximum atomic E-state index is 13.0. The van der Waals surface area contributed by atoms with Crippen LogP contribution in [-0.2, 0) is 17.6 Å². The lowest BCUT2D eigenvalue weighted by molar-refractivity contribution is -0.177. The zero-order valence-electron chi connectivity index (χ0n) is 13.1. The molecule has 0 radical (unpaired) electrons. The Balaban J connectivity index is 1.82. The van der Waals surface area contributed by atoms with Gasteiger partial charge in [0.05, 0.1) is 18.1 Å². The van der Waals surface area contributed by atoms with Gasteiger partial charge in [0, 0.05) is 24.3 Å². The maximum absolute atomic E-state index is 13.0. The molecule has 1 N–H and O–H groups in total. The highest BCUT2D eigenvalue weighted by atomic mass is 19.4. The second-order valence-corrected chi connectivity index (χ2v) is 6.48. The van der Waals surface area contributed by atoms with Crippen molar-refractivity contribution in [3.05, 3.63) is 17.0 Å². The van der Waals surface area contributed by atoms with Crippen molar-refractivity contribution in [1.82, 2.24) is 15.1 Å². The number of nitrogens with one attached hydrogen (secondary N) is 1. The zero-order chi connectivity index (χ0) is 16.8. The standard InChI is InChI=1S/C15H20F3N3O2/c1-8-6-21(7-9(2)23-8)14(22)13-11-5-10(15(16,17)18)3-4-12(11)19-20-13/h8-10H,3-7H2,1-2H3,(H,19,20)/t8-,9+,10?. The summed E-state index contributed by atoms with van der Waals surface area (Å²) in [6.07, 6.45) is -4.29. The molecule has 5 nitrogen and oxygen atoms in total. The SMILES string of the molecule is C[C@@H]1CN(C(=O)c2n[nH]c3c2CC(C(F)(F)F)CC3)C[C@H](C)O1. The van der Waals surface area contributed by atoms with Crippen LogP contribution in [0.1, 0.15) is 42.0 Å². The van der Waals surface area contributed by atoms with Crippen LogP contribution < -0.4 is 0 Å². The van der Waals surface area contributed by atoms with E-state index in [1.54, 1.807) is 4.90 Å². The van der Waals surface area contributed by atoms with Crippen molar-refractivity contribution in [1.29, 1.82) is 0 Å². The Bertz CT molecular complexity index is 589. The average molecular weight is 331 g/mol. The summed E-state index contributed by atoms with van der Waals surface area (Å²) in [7, 11) is 0. The van der Waals surface area contributed by atoms with E-state index >= 15 is 0 Å². The van der Waals surface area contributed by atoms with Gasteiger partial charge in [-0.2, -0.15) is 18.3 Å². The van der Waals surface area contributed by atoms with Gasteiger partial charge in [0.15, 0.2) is 5.69 Å². The van der Waals surface area contributed by atoms with Crippen LogP contribution in [0.4, 0.5) is 13.2 Å². The Labute approximate surface area is 132 Å². The van der Waals surface area contributed by atoms with Crippen LogP contribution in [0.15, 0.2) is 0 Å². The molecule has 1 unspecified atom stereocenters. The van der Waals surface area contributed by atoms with Crippen molar-refractivity contribution in [3.63, 3.8) is 0 Å². The van der Waals surface area contributed by atoms with Crippen LogP contribution in [0.25, 0.3) is 0 Å². The molecule has 2 aliphatic rings. The average Bonchev–Trinajstić information content (AvgIpc) is 2.87. The number of aryl methyl sites for hydroxylation is 1. The van der Waals surface area contributed by atoms with E-state index < -0.39 is 12.1 Å². The molecule has 0 bridgehead atoms. The van der Waals surface area contributed by atoms with Gasteiger partial charge in [0.2, 0.25) is 0 Å². The summed E-state index contributed by atoms with van der Waals surface area (Å²) in [5, 5.41) is 6.76. The molecule has 23 heavy (non-hydrogen) atoms. The third kappa shape index (κ3) is 3.22. The Morgan fingerprint density at radius 3 is 2.57 bits per heavy atom. The van der Waals surface area contributed by atoms with Gasteiger partial charge in [-0.1, -0.05) is 0 Å². The largest absolute Gasteiger partial charge is 0.392 e. The van der Waals surface area contributed by atoms with Crippen LogP contribution in [0.2, 0.25) is 0 Å². The first-order valence-corrected chi connectivity index (χ1v) is 7.83. The molecule has 1 aromatic rings. The topological polar surface area (TPSA) is 58.2 Å². The van der Waals surface area contributed by atoms with E-state index in [1.807, 2.05) is 13.8 Å². The highest BCUT2D eigenvalue weighted by Crippen LogP contribution is 2.37. The van der Waals surface area contributed by atoms with Crippen LogP contribution in [0.3, 0.4) is 0 Å². The fourth-order valence-electron chi connectivity index (χ4n) is 3.44. The molecule has 1 amide bonds. The van der Waals surface area contributed by atoms with Crippen molar-refractivity contribution in [3.8, 4) is 0 Å². The summed E-state index contributed by atoms with van der Waals surface area (Å²) in [5.41, 5.74) is 1.22. The Hall–Kier alpha value is -1.57. The first-order chi connectivity index (χ1) is 10.8. The fourth-order valence-corrected chi connectivity index (χ4v) is 3.44. The molecule has 0 aromatic carbocycles. The van der Waals surface area contributed by atoms with Crippen LogP contribution >= 0.6 is 0 Å². The molecule has 0 saturated carbocycles. The number of carbonyl (C=O) groups excluding carboxylic acids is 1. The number of rotatable bonds is 1. The van der Waals surface area contributed by atoms with E-state index in [-0.39, 0.29) is 43.1 Å². The van der Waals surface area contributed by atoms with E-state index in [0.29, 0.717) is 24.3 Å². The van der Waals surface area contributed by atoms with Crippen LogP contribution in [0.5, 0.6) is 0 Å². The third-order valence-electron chi connectivity index (χ3n) is 4.52. The first kappa shape index (κ1) is 16.3. The number of aromatic amines is 1. The Morgan fingerprint density at radius 2 is 1.96 bits per heavy atom. The van der Waals surface area contributed by atoms with Crippen molar-refractivity contribution >= 4 is 5.91 Å². The Morgan fingerprint density at radius 1 is 1.30 bits per heavy atom. The first-order valence-electron chi connectivity index (χ1n) is 7.83. The van der Waals surface area contributed by atoms with Gasteiger partial charge in [-0.3, -0.25) is 9.89 Å². The van der Waals surface area contributed by atoms with Gasteiger partial charge in [-0.15, -0.1) is 0 Å². The van der Waals surface area contributed by atoms with Crippen LogP contribution in [-0.4, -0.2) is 52.5 Å². The number of carbonyl (C=O) groups is 1. The number of hydrogen-bond donors (Lipinski definition) is 1. The van der Waals surface area contributed by atoms with E-state index in [4.69, 9.17) is 4.74 Å². The highest BCUT2D eigenvalue weighted by Gasteiger charge is 2.43. The molecule has 3 rings (SSSR count). The normalized spacial score (nSPS) is 28.6. The summed E-state index contributed by atoms with van der Waals surface area (Å²) >= 11 is 0. The Kier molecular flexibility index (Phi) is 4.12. The fraction of sp³-hybridized carbons (Fsp3) is 0.733. The lowest BCUT2D eigenvalue weighted by Gasteiger charge is -2.35. The number of aromatic nitrogens is 2.